The lowest BCUT2D eigenvalue weighted by atomic mass is 9.85. The van der Waals surface area contributed by atoms with E-state index in [-0.39, 0.29) is 0 Å². The van der Waals surface area contributed by atoms with Gasteiger partial charge in [-0.2, -0.15) is 5.26 Å². The summed E-state index contributed by atoms with van der Waals surface area (Å²) in [6.07, 6.45) is 0.922. The van der Waals surface area contributed by atoms with E-state index in [2.05, 4.69) is 141 Å². The Morgan fingerprint density at radius 2 is 1.04 bits per heavy atom. The third-order valence-electron chi connectivity index (χ3n) is 9.30. The van der Waals surface area contributed by atoms with E-state index in [9.17, 15) is 5.26 Å². The predicted octanol–water partition coefficient (Wildman–Crippen LogP) is 9.23. The molecule has 0 bridgehead atoms. The molecule has 0 spiro atoms. The number of rotatable bonds is 6. The van der Waals surface area contributed by atoms with E-state index >= 15 is 0 Å². The number of hydrogen-bond acceptors (Lipinski definition) is 2. The maximum atomic E-state index is 9.39. The maximum Gasteiger partial charge on any atom is 0.139 e. The first-order chi connectivity index (χ1) is 23.1. The highest BCUT2D eigenvalue weighted by atomic mass is 14.7. The van der Waals surface area contributed by atoms with Crippen LogP contribution in [0.15, 0.2) is 158 Å². The Bertz CT molecular complexity index is 2240. The number of hydrogen-bond donors (Lipinski definition) is 0. The van der Waals surface area contributed by atoms with Gasteiger partial charge in [0.15, 0.2) is 0 Å². The second-order valence-electron chi connectivity index (χ2n) is 12.4. The van der Waals surface area contributed by atoms with Gasteiger partial charge in [-0.25, -0.2) is 4.98 Å². The van der Waals surface area contributed by atoms with Crippen molar-refractivity contribution in [2.75, 3.05) is 0 Å². The highest BCUT2D eigenvalue weighted by molar-refractivity contribution is 6.32. The molecule has 0 saturated heterocycles. The minimum Gasteiger partial charge on any atom is -0.248 e. The molecule has 220 valence electrons. The van der Waals surface area contributed by atoms with Crippen molar-refractivity contribution in [1.82, 2.24) is 4.98 Å². The van der Waals surface area contributed by atoms with Crippen molar-refractivity contribution in [2.45, 2.75) is 12.3 Å². The molecule has 0 unspecified atom stereocenters. The summed E-state index contributed by atoms with van der Waals surface area (Å²) >= 11 is 0. The van der Waals surface area contributed by atoms with Crippen LogP contribution in [-0.4, -0.2) is 12.8 Å². The quantitative estimate of drug-likeness (QED) is 0.179. The Labute approximate surface area is 277 Å². The van der Waals surface area contributed by atoms with Crippen LogP contribution < -0.4 is 5.46 Å². The second-order valence-corrected chi connectivity index (χ2v) is 12.4. The molecule has 47 heavy (non-hydrogen) atoms. The summed E-state index contributed by atoms with van der Waals surface area (Å²) in [4.78, 5) is 5.22. The molecule has 3 heteroatoms. The van der Waals surface area contributed by atoms with Gasteiger partial charge in [0.1, 0.15) is 7.85 Å². The summed E-state index contributed by atoms with van der Waals surface area (Å²) in [7, 11) is 2.18. The van der Waals surface area contributed by atoms with Gasteiger partial charge in [0.05, 0.1) is 23.0 Å². The van der Waals surface area contributed by atoms with Gasteiger partial charge in [-0.3, -0.25) is 0 Å². The zero-order valence-corrected chi connectivity index (χ0v) is 26.2. The van der Waals surface area contributed by atoms with Crippen molar-refractivity contribution in [3.63, 3.8) is 0 Å². The number of benzene rings is 6. The van der Waals surface area contributed by atoms with Crippen LogP contribution in [0.25, 0.3) is 55.9 Å². The van der Waals surface area contributed by atoms with Crippen LogP contribution in [0.2, 0.25) is 0 Å². The summed E-state index contributed by atoms with van der Waals surface area (Å²) in [6, 6.07) is 58.1. The summed E-state index contributed by atoms with van der Waals surface area (Å²) in [5, 5.41) is 9.39. The van der Waals surface area contributed by atoms with Crippen molar-refractivity contribution in [3.05, 3.63) is 180 Å². The number of pyridine rings is 1. The van der Waals surface area contributed by atoms with Crippen LogP contribution in [0.4, 0.5) is 0 Å². The van der Waals surface area contributed by atoms with Gasteiger partial charge in [-0.05, 0) is 92.4 Å². The molecule has 0 aliphatic heterocycles. The van der Waals surface area contributed by atoms with Crippen LogP contribution in [0.5, 0.6) is 0 Å². The SMILES string of the molecule is Bc1cc(CC2c3ccccc3-c3ccccc32)cc(-c2cc(-c3ccc(-c4ccccc4)cc3)cc(-c3ccc(C#N)cc3)n2)c1. The van der Waals surface area contributed by atoms with E-state index in [4.69, 9.17) is 4.98 Å². The first-order valence-electron chi connectivity index (χ1n) is 16.1. The molecule has 1 aliphatic carbocycles. The van der Waals surface area contributed by atoms with Gasteiger partial charge in [0.2, 0.25) is 0 Å². The van der Waals surface area contributed by atoms with Crippen LogP contribution in [-0.2, 0) is 6.42 Å². The molecule has 0 radical (unpaired) electrons. The lowest BCUT2D eigenvalue weighted by Crippen LogP contribution is -2.08. The number of fused-ring (bicyclic) bond motifs is 3. The molecule has 0 saturated carbocycles. The van der Waals surface area contributed by atoms with Crippen LogP contribution in [0, 0.1) is 11.3 Å². The van der Waals surface area contributed by atoms with Gasteiger partial charge in [-0.1, -0.05) is 133 Å². The van der Waals surface area contributed by atoms with Gasteiger partial charge in [0, 0.05) is 11.5 Å². The summed E-state index contributed by atoms with van der Waals surface area (Å²) in [5.74, 6) is 0.314. The molecular formula is C44H31BN2. The third-order valence-corrected chi connectivity index (χ3v) is 9.30. The van der Waals surface area contributed by atoms with E-state index < -0.39 is 0 Å². The van der Waals surface area contributed by atoms with Gasteiger partial charge in [0.25, 0.3) is 0 Å². The van der Waals surface area contributed by atoms with E-state index in [0.29, 0.717) is 11.5 Å². The van der Waals surface area contributed by atoms with Crippen molar-refractivity contribution in [3.8, 4) is 62.0 Å². The molecule has 0 N–H and O–H groups in total. The molecule has 1 heterocycles. The van der Waals surface area contributed by atoms with E-state index in [1.165, 1.54) is 44.4 Å². The average molecular weight is 599 g/mol. The van der Waals surface area contributed by atoms with Crippen molar-refractivity contribution in [1.29, 1.82) is 5.26 Å². The van der Waals surface area contributed by atoms with Crippen LogP contribution in [0.1, 0.15) is 28.2 Å². The highest BCUT2D eigenvalue weighted by Gasteiger charge is 2.28. The third kappa shape index (κ3) is 5.56. The molecule has 6 aromatic carbocycles. The predicted molar refractivity (Wildman–Crippen MR) is 196 cm³/mol. The minimum absolute atomic E-state index is 0.314. The van der Waals surface area contributed by atoms with Gasteiger partial charge in [-0.15, -0.1) is 0 Å². The minimum atomic E-state index is 0.314. The van der Waals surface area contributed by atoms with E-state index in [1.54, 1.807) is 0 Å². The van der Waals surface area contributed by atoms with E-state index in [0.717, 1.165) is 40.1 Å². The zero-order chi connectivity index (χ0) is 31.7. The Morgan fingerprint density at radius 1 is 0.511 bits per heavy atom. The van der Waals surface area contributed by atoms with Crippen LogP contribution >= 0.6 is 0 Å². The van der Waals surface area contributed by atoms with Crippen molar-refractivity contribution in [2.24, 2.45) is 0 Å². The number of nitriles is 1. The largest absolute Gasteiger partial charge is 0.248 e. The normalized spacial score (nSPS) is 11.9. The first-order valence-corrected chi connectivity index (χ1v) is 16.1. The summed E-state index contributed by atoms with van der Waals surface area (Å²) in [5.41, 5.74) is 17.2. The maximum absolute atomic E-state index is 9.39. The smallest absolute Gasteiger partial charge is 0.139 e. The number of aromatic nitrogens is 1. The van der Waals surface area contributed by atoms with E-state index in [1.807, 2.05) is 30.3 Å². The molecule has 1 aliphatic rings. The Hall–Kier alpha value is -5.98. The molecule has 7 aromatic rings. The standard InChI is InChI=1S/C44H31BN2/c45-37-23-30(24-42-40-12-6-4-10-38(40)39-11-5-7-13-41(39)42)22-36(25-37)44-27-35(26-43(47-44)34-16-14-29(28-46)15-17-34)33-20-18-32(19-21-33)31-8-2-1-3-9-31/h1-23,25-27,42H,24,45H2. The number of nitrogens with zero attached hydrogens (tertiary/aromatic N) is 2. The van der Waals surface area contributed by atoms with Gasteiger partial charge < -0.3 is 0 Å². The zero-order valence-electron chi connectivity index (χ0n) is 26.2. The molecule has 1 aromatic heterocycles. The fourth-order valence-electron chi connectivity index (χ4n) is 7.04. The highest BCUT2D eigenvalue weighted by Crippen LogP contribution is 2.46. The Morgan fingerprint density at radius 3 is 1.68 bits per heavy atom. The molecular weight excluding hydrogens is 567 g/mol. The monoisotopic (exact) mass is 598 g/mol. The molecule has 8 rings (SSSR count). The summed E-state index contributed by atoms with van der Waals surface area (Å²) < 4.78 is 0. The fourth-order valence-corrected chi connectivity index (χ4v) is 7.04. The Balaban J connectivity index is 1.21. The van der Waals surface area contributed by atoms with Gasteiger partial charge >= 0.3 is 0 Å². The first kappa shape index (κ1) is 28.5. The fraction of sp³-hybridized carbons (Fsp3) is 0.0455. The molecule has 2 nitrogen and oxygen atoms in total. The second kappa shape index (κ2) is 12.1. The van der Waals surface area contributed by atoms with Crippen molar-refractivity contribution >= 4 is 13.3 Å². The topological polar surface area (TPSA) is 36.7 Å². The molecule has 0 atom stereocenters. The van der Waals surface area contributed by atoms with Crippen LogP contribution in [0.3, 0.4) is 0 Å². The lowest BCUT2D eigenvalue weighted by Gasteiger charge is -2.16. The molecule has 0 fully saturated rings. The summed E-state index contributed by atoms with van der Waals surface area (Å²) in [6.45, 7) is 0. The average Bonchev–Trinajstić information content (AvgIpc) is 3.45. The van der Waals surface area contributed by atoms with Crippen molar-refractivity contribution < 1.29 is 0 Å². The molecule has 0 amide bonds. The lowest BCUT2D eigenvalue weighted by molar-refractivity contribution is 0.828. The Kier molecular flexibility index (Phi) is 7.33.